The third-order valence-corrected chi connectivity index (χ3v) is 5.26. The minimum Gasteiger partial charge on any atom is -0.357 e. The van der Waals surface area contributed by atoms with Crippen LogP contribution in [0.4, 0.5) is 0 Å². The molecule has 0 spiro atoms. The van der Waals surface area contributed by atoms with Crippen molar-refractivity contribution in [3.05, 3.63) is 22.4 Å². The third-order valence-electron chi connectivity index (χ3n) is 4.32. The Kier molecular flexibility index (Phi) is 8.60. The van der Waals surface area contributed by atoms with E-state index < -0.39 is 0 Å². The van der Waals surface area contributed by atoms with Gasteiger partial charge >= 0.3 is 0 Å². The highest BCUT2D eigenvalue weighted by Gasteiger charge is 2.20. The van der Waals surface area contributed by atoms with Crippen LogP contribution in [0, 0.1) is 11.8 Å². The van der Waals surface area contributed by atoms with Crippen LogP contribution in [0.15, 0.2) is 22.5 Å². The number of nitrogens with one attached hydrogen (secondary N) is 2. The highest BCUT2D eigenvalue weighted by Crippen LogP contribution is 2.17. The molecule has 2 heterocycles. The van der Waals surface area contributed by atoms with Crippen molar-refractivity contribution >= 4 is 17.3 Å². The average molecular weight is 351 g/mol. The molecule has 1 aliphatic heterocycles. The standard InChI is InChI=1S/C19H34N4S/c1-4-20-19(21-10-9-18-8-6-12-24-18)22-13-17-7-5-11-23(15-17)14-16(2)3/h6,8,12,16-17H,4-5,7,9-11,13-15H2,1-3H3,(H2,20,21,22). The highest BCUT2D eigenvalue weighted by molar-refractivity contribution is 7.09. The lowest BCUT2D eigenvalue weighted by atomic mass is 9.97. The van der Waals surface area contributed by atoms with Crippen LogP contribution in [-0.4, -0.2) is 50.1 Å². The van der Waals surface area contributed by atoms with E-state index in [0.29, 0.717) is 5.92 Å². The molecule has 1 saturated heterocycles. The van der Waals surface area contributed by atoms with Crippen molar-refractivity contribution in [3.8, 4) is 0 Å². The zero-order valence-corrected chi connectivity index (χ0v) is 16.4. The third kappa shape index (κ3) is 7.22. The van der Waals surface area contributed by atoms with Gasteiger partial charge in [-0.1, -0.05) is 19.9 Å². The summed E-state index contributed by atoms with van der Waals surface area (Å²) in [7, 11) is 0. The van der Waals surface area contributed by atoms with E-state index in [2.05, 4.69) is 53.8 Å². The maximum atomic E-state index is 4.84. The second-order valence-electron chi connectivity index (χ2n) is 7.14. The number of piperidine rings is 1. The van der Waals surface area contributed by atoms with Gasteiger partial charge in [-0.05, 0) is 56.0 Å². The van der Waals surface area contributed by atoms with Gasteiger partial charge in [-0.3, -0.25) is 4.99 Å². The van der Waals surface area contributed by atoms with Crippen molar-refractivity contribution in [1.82, 2.24) is 15.5 Å². The number of rotatable bonds is 8. The molecule has 2 N–H and O–H groups in total. The predicted molar refractivity (Wildman–Crippen MR) is 106 cm³/mol. The number of guanidine groups is 1. The molecule has 0 bridgehead atoms. The Hall–Kier alpha value is -1.07. The molecule has 0 saturated carbocycles. The minimum atomic E-state index is 0.699. The van der Waals surface area contributed by atoms with Gasteiger partial charge in [-0.2, -0.15) is 0 Å². The highest BCUT2D eigenvalue weighted by atomic mass is 32.1. The van der Waals surface area contributed by atoms with Crippen LogP contribution in [0.5, 0.6) is 0 Å². The first-order chi connectivity index (χ1) is 11.7. The molecule has 0 aromatic carbocycles. The molecular formula is C19H34N4S. The molecule has 1 unspecified atom stereocenters. The number of nitrogens with zero attached hydrogens (tertiary/aromatic N) is 2. The molecule has 0 radical (unpaired) electrons. The van der Waals surface area contributed by atoms with Crippen molar-refractivity contribution in [2.75, 3.05) is 39.3 Å². The molecule has 1 aliphatic rings. The molecule has 0 amide bonds. The summed E-state index contributed by atoms with van der Waals surface area (Å²) in [4.78, 5) is 8.88. The Balaban J connectivity index is 1.76. The van der Waals surface area contributed by atoms with Crippen LogP contribution in [0.2, 0.25) is 0 Å². The second-order valence-corrected chi connectivity index (χ2v) is 8.17. The van der Waals surface area contributed by atoms with Crippen molar-refractivity contribution in [2.24, 2.45) is 16.8 Å². The number of hydrogen-bond acceptors (Lipinski definition) is 3. The zero-order valence-electron chi connectivity index (χ0n) is 15.6. The van der Waals surface area contributed by atoms with E-state index >= 15 is 0 Å². The van der Waals surface area contributed by atoms with Gasteiger partial charge in [0, 0.05) is 37.6 Å². The van der Waals surface area contributed by atoms with Gasteiger partial charge in [-0.25, -0.2) is 0 Å². The molecule has 2 rings (SSSR count). The minimum absolute atomic E-state index is 0.699. The van der Waals surface area contributed by atoms with Crippen LogP contribution >= 0.6 is 11.3 Å². The van der Waals surface area contributed by atoms with Gasteiger partial charge in [0.25, 0.3) is 0 Å². The van der Waals surface area contributed by atoms with Crippen LogP contribution < -0.4 is 10.6 Å². The summed E-state index contributed by atoms with van der Waals surface area (Å²) in [5, 5.41) is 8.99. The average Bonchev–Trinajstić information content (AvgIpc) is 3.06. The molecule has 0 aliphatic carbocycles. The van der Waals surface area contributed by atoms with Gasteiger partial charge in [0.2, 0.25) is 0 Å². The van der Waals surface area contributed by atoms with Crippen LogP contribution in [0.3, 0.4) is 0 Å². The lowest BCUT2D eigenvalue weighted by Crippen LogP contribution is -2.41. The van der Waals surface area contributed by atoms with E-state index in [1.54, 1.807) is 0 Å². The quantitative estimate of drug-likeness (QED) is 0.559. The summed E-state index contributed by atoms with van der Waals surface area (Å²) >= 11 is 1.82. The van der Waals surface area contributed by atoms with Crippen LogP contribution in [0.1, 0.15) is 38.5 Å². The normalized spacial score (nSPS) is 19.7. The van der Waals surface area contributed by atoms with Crippen molar-refractivity contribution in [1.29, 1.82) is 0 Å². The maximum Gasteiger partial charge on any atom is 0.191 e. The Morgan fingerprint density at radius 1 is 1.42 bits per heavy atom. The summed E-state index contributed by atoms with van der Waals surface area (Å²) in [5.74, 6) is 2.42. The topological polar surface area (TPSA) is 39.7 Å². The molecule has 4 nitrogen and oxygen atoms in total. The summed E-state index contributed by atoms with van der Waals surface area (Å²) in [6, 6.07) is 4.31. The van der Waals surface area contributed by atoms with Crippen LogP contribution in [0.25, 0.3) is 0 Å². The summed E-state index contributed by atoms with van der Waals surface area (Å²) in [6.45, 7) is 13.2. The van der Waals surface area contributed by atoms with Gasteiger partial charge in [0.05, 0.1) is 0 Å². The van der Waals surface area contributed by atoms with Crippen LogP contribution in [-0.2, 0) is 6.42 Å². The smallest absolute Gasteiger partial charge is 0.191 e. The Labute approximate surface area is 151 Å². The summed E-state index contributed by atoms with van der Waals surface area (Å²) in [5.41, 5.74) is 0. The van der Waals surface area contributed by atoms with E-state index in [4.69, 9.17) is 4.99 Å². The summed E-state index contributed by atoms with van der Waals surface area (Å²) < 4.78 is 0. The number of hydrogen-bond donors (Lipinski definition) is 2. The lowest BCUT2D eigenvalue weighted by molar-refractivity contribution is 0.162. The fourth-order valence-electron chi connectivity index (χ4n) is 3.30. The first-order valence-electron chi connectivity index (χ1n) is 9.44. The number of thiophene rings is 1. The maximum absolute atomic E-state index is 4.84. The van der Waals surface area contributed by atoms with E-state index in [1.807, 2.05) is 11.3 Å². The molecule has 136 valence electrons. The van der Waals surface area contributed by atoms with Crippen molar-refractivity contribution < 1.29 is 0 Å². The molecule has 1 aromatic heterocycles. The van der Waals surface area contributed by atoms with E-state index in [-0.39, 0.29) is 0 Å². The fraction of sp³-hybridized carbons (Fsp3) is 0.737. The van der Waals surface area contributed by atoms with Gasteiger partial charge in [-0.15, -0.1) is 11.3 Å². The Morgan fingerprint density at radius 2 is 2.29 bits per heavy atom. The zero-order chi connectivity index (χ0) is 17.2. The monoisotopic (exact) mass is 350 g/mol. The fourth-order valence-corrected chi connectivity index (χ4v) is 4.01. The van der Waals surface area contributed by atoms with Gasteiger partial charge < -0.3 is 15.5 Å². The largest absolute Gasteiger partial charge is 0.357 e. The van der Waals surface area contributed by atoms with Gasteiger partial charge in [0.1, 0.15) is 0 Å². The number of aliphatic imine (C=N–C) groups is 1. The summed E-state index contributed by atoms with van der Waals surface area (Å²) in [6.07, 6.45) is 3.69. The van der Waals surface area contributed by atoms with Gasteiger partial charge in [0.15, 0.2) is 5.96 Å². The molecule has 1 fully saturated rings. The SMILES string of the molecule is CCNC(=NCC1CCCN(CC(C)C)C1)NCCc1cccs1. The van der Waals surface area contributed by atoms with E-state index in [0.717, 1.165) is 37.9 Å². The molecular weight excluding hydrogens is 316 g/mol. The molecule has 1 atom stereocenters. The van der Waals surface area contributed by atoms with E-state index in [9.17, 15) is 0 Å². The van der Waals surface area contributed by atoms with Crippen molar-refractivity contribution in [3.63, 3.8) is 0 Å². The first-order valence-corrected chi connectivity index (χ1v) is 10.3. The van der Waals surface area contributed by atoms with E-state index in [1.165, 1.54) is 37.4 Å². The first kappa shape index (κ1) is 19.3. The number of likely N-dealkylation sites (tertiary alicyclic amines) is 1. The Bertz CT molecular complexity index is 470. The molecule has 24 heavy (non-hydrogen) atoms. The molecule has 1 aromatic rings. The van der Waals surface area contributed by atoms with Crippen molar-refractivity contribution in [2.45, 2.75) is 40.0 Å². The molecule has 5 heteroatoms. The predicted octanol–water partition coefficient (Wildman–Crippen LogP) is 3.21. The lowest BCUT2D eigenvalue weighted by Gasteiger charge is -2.33. The Morgan fingerprint density at radius 3 is 3.00 bits per heavy atom. The second kappa shape index (κ2) is 10.7.